The Bertz CT molecular complexity index is 1420. The first-order valence-corrected chi connectivity index (χ1v) is 13.9. The van der Waals surface area contributed by atoms with E-state index in [1.54, 1.807) is 12.3 Å². The number of aliphatic hydroxyl groups is 1. The van der Waals surface area contributed by atoms with Crippen molar-refractivity contribution in [3.63, 3.8) is 0 Å². The fraction of sp³-hybridized carbons (Fsp3) is 0.286. The van der Waals surface area contributed by atoms with Crippen LogP contribution in [0.25, 0.3) is 0 Å². The van der Waals surface area contributed by atoms with E-state index in [1.807, 2.05) is 67.3 Å². The number of halogens is 1. The second kappa shape index (κ2) is 12.1. The summed E-state index contributed by atoms with van der Waals surface area (Å²) < 4.78 is 0. The third-order valence-corrected chi connectivity index (χ3v) is 7.83. The van der Waals surface area contributed by atoms with Crippen molar-refractivity contribution < 1.29 is 9.90 Å². The second-order valence-corrected chi connectivity index (χ2v) is 10.7. The smallest absolute Gasteiger partial charge is 0.267 e. The van der Waals surface area contributed by atoms with Gasteiger partial charge in [0.15, 0.2) is 5.13 Å². The number of piperazine rings is 1. The molecule has 1 aliphatic heterocycles. The fourth-order valence-electron chi connectivity index (χ4n) is 4.51. The molecule has 3 heterocycles. The molecule has 1 amide bonds. The monoisotopic (exact) mass is 563 g/mol. The molecule has 4 aromatic rings. The Labute approximate surface area is 236 Å². The molecule has 0 saturated carbocycles. The number of amides is 1. The first-order chi connectivity index (χ1) is 18.9. The first kappa shape index (κ1) is 27.0. The number of β-amino-alcohol motifs (C(OH)–C–C–N with tert-alkyl or cyclic N) is 1. The van der Waals surface area contributed by atoms with E-state index in [2.05, 4.69) is 20.1 Å². The third-order valence-electron chi connectivity index (χ3n) is 6.54. The molecule has 5 rings (SSSR count). The molecular weight excluding hydrogens is 534 g/mol. The molecule has 2 aromatic heterocycles. The number of hydrogen-bond acceptors (Lipinski definition) is 9. The molecule has 0 aliphatic carbocycles. The van der Waals surface area contributed by atoms with Gasteiger partial charge in [0.2, 0.25) is 0 Å². The van der Waals surface area contributed by atoms with Gasteiger partial charge in [-0.25, -0.2) is 15.0 Å². The van der Waals surface area contributed by atoms with Crippen LogP contribution < -0.4 is 15.1 Å². The standard InChI is InChI=1S/C28H30ClN7O2S/c1-19-7-6-10-22(29)26(19)33-27(38)23-18-30-28(39-23)36(21-8-4-3-5-9-21)25-17-24(31-20(2)32-25)35-13-11-34(12-14-35)15-16-37/h3-10,17-18,37H,11-16H2,1-2H3,(H,33,38). The van der Waals surface area contributed by atoms with Gasteiger partial charge in [-0.3, -0.25) is 14.6 Å². The molecule has 2 N–H and O–H groups in total. The topological polar surface area (TPSA) is 97.7 Å². The number of carbonyl (C=O) groups is 1. The molecule has 0 spiro atoms. The minimum Gasteiger partial charge on any atom is -0.395 e. The van der Waals surface area contributed by atoms with E-state index < -0.39 is 0 Å². The quantitative estimate of drug-likeness (QED) is 0.308. The van der Waals surface area contributed by atoms with Crippen LogP contribution in [0.1, 0.15) is 21.1 Å². The Morgan fingerprint density at radius 2 is 1.85 bits per heavy atom. The lowest BCUT2D eigenvalue weighted by Crippen LogP contribution is -2.47. The normalized spacial score (nSPS) is 13.9. The minimum atomic E-state index is -0.275. The first-order valence-electron chi connectivity index (χ1n) is 12.7. The molecule has 1 fully saturated rings. The summed E-state index contributed by atoms with van der Waals surface area (Å²) in [6.07, 6.45) is 1.58. The van der Waals surface area contributed by atoms with Crippen LogP contribution in [0.3, 0.4) is 0 Å². The van der Waals surface area contributed by atoms with E-state index in [1.165, 1.54) is 11.3 Å². The maximum atomic E-state index is 13.1. The third kappa shape index (κ3) is 6.20. The lowest BCUT2D eigenvalue weighted by molar-refractivity contribution is 0.103. The van der Waals surface area contributed by atoms with Crippen LogP contribution in [0.5, 0.6) is 0 Å². The van der Waals surface area contributed by atoms with Crippen LogP contribution >= 0.6 is 22.9 Å². The van der Waals surface area contributed by atoms with E-state index >= 15 is 0 Å². The summed E-state index contributed by atoms with van der Waals surface area (Å²) in [5.74, 6) is 1.88. The van der Waals surface area contributed by atoms with E-state index in [0.29, 0.717) is 38.9 Å². The van der Waals surface area contributed by atoms with Crippen LogP contribution in [-0.4, -0.2) is 70.2 Å². The molecule has 11 heteroatoms. The fourth-order valence-corrected chi connectivity index (χ4v) is 5.62. The number of aliphatic hydroxyl groups excluding tert-OH is 1. The Kier molecular flexibility index (Phi) is 8.37. The molecule has 39 heavy (non-hydrogen) atoms. The number of nitrogens with zero attached hydrogens (tertiary/aromatic N) is 6. The van der Waals surface area contributed by atoms with Gasteiger partial charge in [-0.15, -0.1) is 0 Å². The molecule has 0 atom stereocenters. The van der Waals surface area contributed by atoms with Crippen LogP contribution in [0.2, 0.25) is 5.02 Å². The summed E-state index contributed by atoms with van der Waals surface area (Å²) in [5.41, 5.74) is 2.35. The number of aromatic nitrogens is 3. The Morgan fingerprint density at radius 1 is 1.08 bits per heavy atom. The molecule has 1 saturated heterocycles. The molecule has 0 unspecified atom stereocenters. The number of aryl methyl sites for hydroxylation is 2. The maximum Gasteiger partial charge on any atom is 0.267 e. The highest BCUT2D eigenvalue weighted by atomic mass is 35.5. The van der Waals surface area contributed by atoms with Crippen LogP contribution in [0.4, 0.5) is 28.1 Å². The average molecular weight is 564 g/mol. The van der Waals surface area contributed by atoms with Gasteiger partial charge in [0.25, 0.3) is 5.91 Å². The molecule has 202 valence electrons. The van der Waals surface area contributed by atoms with Crippen molar-refractivity contribution >= 4 is 57.0 Å². The molecule has 9 nitrogen and oxygen atoms in total. The highest BCUT2D eigenvalue weighted by Crippen LogP contribution is 2.37. The SMILES string of the molecule is Cc1nc(N2CCN(CCO)CC2)cc(N(c2ccccc2)c2ncc(C(=O)Nc3c(C)cccc3Cl)s2)n1. The van der Waals surface area contributed by atoms with Crippen molar-refractivity contribution in [1.82, 2.24) is 19.9 Å². The predicted molar refractivity (Wildman–Crippen MR) is 157 cm³/mol. The Morgan fingerprint density at radius 3 is 2.56 bits per heavy atom. The minimum absolute atomic E-state index is 0.161. The van der Waals surface area contributed by atoms with Crippen molar-refractivity contribution in [1.29, 1.82) is 0 Å². The summed E-state index contributed by atoms with van der Waals surface area (Å²) >= 11 is 7.61. The van der Waals surface area contributed by atoms with Crippen LogP contribution in [-0.2, 0) is 0 Å². The van der Waals surface area contributed by atoms with Crippen molar-refractivity contribution in [2.75, 3.05) is 54.4 Å². The molecule has 0 radical (unpaired) electrons. The largest absolute Gasteiger partial charge is 0.395 e. The predicted octanol–water partition coefficient (Wildman–Crippen LogP) is 5.04. The maximum absolute atomic E-state index is 13.1. The van der Waals surface area contributed by atoms with Crippen molar-refractivity contribution in [3.8, 4) is 0 Å². The van der Waals surface area contributed by atoms with Gasteiger partial charge < -0.3 is 15.3 Å². The number of benzene rings is 2. The van der Waals surface area contributed by atoms with Gasteiger partial charge in [0.1, 0.15) is 22.3 Å². The number of hydrogen-bond donors (Lipinski definition) is 2. The highest BCUT2D eigenvalue weighted by Gasteiger charge is 2.24. The van der Waals surface area contributed by atoms with Crippen molar-refractivity contribution in [2.45, 2.75) is 13.8 Å². The van der Waals surface area contributed by atoms with Gasteiger partial charge in [-0.2, -0.15) is 0 Å². The van der Waals surface area contributed by atoms with Gasteiger partial charge in [-0.1, -0.05) is 53.3 Å². The zero-order valence-corrected chi connectivity index (χ0v) is 23.4. The number of thiazole rings is 1. The van der Waals surface area contributed by atoms with Crippen LogP contribution in [0.15, 0.2) is 60.8 Å². The van der Waals surface area contributed by atoms with Gasteiger partial charge in [0.05, 0.1) is 23.5 Å². The molecular formula is C28H30ClN7O2S. The van der Waals surface area contributed by atoms with Gasteiger partial charge >= 0.3 is 0 Å². The summed E-state index contributed by atoms with van der Waals surface area (Å²) in [4.78, 5) is 34.1. The van der Waals surface area contributed by atoms with Gasteiger partial charge in [0, 0.05) is 44.5 Å². The van der Waals surface area contributed by atoms with E-state index in [-0.39, 0.29) is 12.5 Å². The van der Waals surface area contributed by atoms with Gasteiger partial charge in [-0.05, 0) is 37.6 Å². The Balaban J connectivity index is 1.45. The number of carbonyl (C=O) groups excluding carboxylic acids is 1. The van der Waals surface area contributed by atoms with E-state index in [4.69, 9.17) is 21.6 Å². The average Bonchev–Trinajstić information content (AvgIpc) is 3.42. The van der Waals surface area contributed by atoms with Crippen molar-refractivity contribution in [3.05, 3.63) is 82.1 Å². The zero-order valence-electron chi connectivity index (χ0n) is 21.8. The van der Waals surface area contributed by atoms with E-state index in [9.17, 15) is 9.90 Å². The molecule has 1 aliphatic rings. The number of para-hydroxylation sites is 2. The zero-order chi connectivity index (χ0) is 27.4. The lowest BCUT2D eigenvalue weighted by Gasteiger charge is -2.35. The summed E-state index contributed by atoms with van der Waals surface area (Å²) in [5, 5.41) is 13.3. The summed E-state index contributed by atoms with van der Waals surface area (Å²) in [6.45, 7) is 7.96. The second-order valence-electron chi connectivity index (χ2n) is 9.25. The van der Waals surface area contributed by atoms with E-state index in [0.717, 1.165) is 43.2 Å². The number of anilines is 5. The molecule has 2 aromatic carbocycles. The highest BCUT2D eigenvalue weighted by molar-refractivity contribution is 7.17. The Hall–Kier alpha value is -3.57. The van der Waals surface area contributed by atoms with Crippen LogP contribution in [0, 0.1) is 13.8 Å². The number of rotatable bonds is 8. The number of nitrogens with one attached hydrogen (secondary N) is 1. The summed E-state index contributed by atoms with van der Waals surface area (Å²) in [6, 6.07) is 17.3. The van der Waals surface area contributed by atoms with Crippen molar-refractivity contribution in [2.24, 2.45) is 0 Å². The molecule has 0 bridgehead atoms. The lowest BCUT2D eigenvalue weighted by atomic mass is 10.2. The summed E-state index contributed by atoms with van der Waals surface area (Å²) in [7, 11) is 0.